The molecule has 0 spiro atoms. The molecule has 0 aliphatic carbocycles. The molecule has 0 unspecified atom stereocenters. The van der Waals surface area contributed by atoms with Crippen molar-refractivity contribution in [1.82, 2.24) is 5.32 Å². The molecule has 25 heavy (non-hydrogen) atoms. The van der Waals surface area contributed by atoms with Crippen LogP contribution in [0.15, 0.2) is 69.9 Å². The van der Waals surface area contributed by atoms with Crippen LogP contribution in [0, 0.1) is 0 Å². The predicted molar refractivity (Wildman–Crippen MR) is 99.1 cm³/mol. The SMILES string of the molecule is C[C@H](CNC(=O)c1cc2ccccc2oc1=O)N(C)c1ccccc1. The largest absolute Gasteiger partial charge is 0.422 e. The van der Waals surface area contributed by atoms with Gasteiger partial charge in [-0.3, -0.25) is 4.79 Å². The molecule has 1 N–H and O–H groups in total. The van der Waals surface area contributed by atoms with Gasteiger partial charge in [-0.05, 0) is 31.2 Å². The highest BCUT2D eigenvalue weighted by Crippen LogP contribution is 2.14. The Kier molecular flexibility index (Phi) is 4.84. The average molecular weight is 336 g/mol. The second-order valence-corrected chi connectivity index (χ2v) is 5.99. The van der Waals surface area contributed by atoms with E-state index >= 15 is 0 Å². The number of rotatable bonds is 5. The van der Waals surface area contributed by atoms with Crippen LogP contribution in [-0.2, 0) is 0 Å². The zero-order valence-electron chi connectivity index (χ0n) is 14.2. The number of fused-ring (bicyclic) bond motifs is 1. The number of amides is 1. The van der Waals surface area contributed by atoms with Gasteiger partial charge >= 0.3 is 5.63 Å². The summed E-state index contributed by atoms with van der Waals surface area (Å²) in [6.45, 7) is 2.42. The fourth-order valence-electron chi connectivity index (χ4n) is 2.61. The van der Waals surface area contributed by atoms with Crippen molar-refractivity contribution in [2.24, 2.45) is 0 Å². The van der Waals surface area contributed by atoms with Crippen molar-refractivity contribution in [2.45, 2.75) is 13.0 Å². The molecule has 0 aliphatic heterocycles. The number of para-hydroxylation sites is 2. The van der Waals surface area contributed by atoms with Gasteiger partial charge in [-0.1, -0.05) is 36.4 Å². The Bertz CT molecular complexity index is 934. The third-order valence-corrected chi connectivity index (χ3v) is 4.27. The van der Waals surface area contributed by atoms with E-state index in [4.69, 9.17) is 4.42 Å². The molecule has 0 saturated heterocycles. The van der Waals surface area contributed by atoms with E-state index in [-0.39, 0.29) is 11.6 Å². The molecule has 5 nitrogen and oxygen atoms in total. The van der Waals surface area contributed by atoms with Crippen LogP contribution in [0.4, 0.5) is 5.69 Å². The van der Waals surface area contributed by atoms with E-state index in [1.54, 1.807) is 24.3 Å². The molecular formula is C20H20N2O3. The lowest BCUT2D eigenvalue weighted by Gasteiger charge is -2.27. The van der Waals surface area contributed by atoms with Crippen molar-refractivity contribution in [1.29, 1.82) is 0 Å². The minimum Gasteiger partial charge on any atom is -0.422 e. The van der Waals surface area contributed by atoms with Gasteiger partial charge in [-0.25, -0.2) is 4.79 Å². The third-order valence-electron chi connectivity index (χ3n) is 4.27. The van der Waals surface area contributed by atoms with Gasteiger partial charge in [0.2, 0.25) is 0 Å². The van der Waals surface area contributed by atoms with Crippen LogP contribution in [0.2, 0.25) is 0 Å². The van der Waals surface area contributed by atoms with Crippen LogP contribution in [0.3, 0.4) is 0 Å². The first-order valence-corrected chi connectivity index (χ1v) is 8.15. The van der Waals surface area contributed by atoms with Crippen molar-refractivity contribution < 1.29 is 9.21 Å². The Hall–Kier alpha value is -3.08. The van der Waals surface area contributed by atoms with Crippen LogP contribution in [-0.4, -0.2) is 25.5 Å². The van der Waals surface area contributed by atoms with Crippen molar-refractivity contribution in [3.8, 4) is 0 Å². The van der Waals surface area contributed by atoms with Gasteiger partial charge in [0.15, 0.2) is 0 Å². The first-order valence-electron chi connectivity index (χ1n) is 8.15. The van der Waals surface area contributed by atoms with Crippen LogP contribution in [0.25, 0.3) is 11.0 Å². The minimum atomic E-state index is -0.625. The van der Waals surface area contributed by atoms with Gasteiger partial charge in [-0.15, -0.1) is 0 Å². The Balaban J connectivity index is 1.70. The highest BCUT2D eigenvalue weighted by Gasteiger charge is 2.16. The first-order chi connectivity index (χ1) is 12.1. The molecule has 0 fully saturated rings. The van der Waals surface area contributed by atoms with Crippen LogP contribution < -0.4 is 15.8 Å². The maximum absolute atomic E-state index is 12.4. The summed E-state index contributed by atoms with van der Waals surface area (Å²) in [7, 11) is 1.97. The van der Waals surface area contributed by atoms with Gasteiger partial charge in [-0.2, -0.15) is 0 Å². The molecule has 0 radical (unpaired) electrons. The van der Waals surface area contributed by atoms with E-state index in [9.17, 15) is 9.59 Å². The van der Waals surface area contributed by atoms with Crippen LogP contribution in [0.5, 0.6) is 0 Å². The molecule has 2 aromatic carbocycles. The summed E-state index contributed by atoms with van der Waals surface area (Å²) in [5.74, 6) is -0.423. The summed E-state index contributed by atoms with van der Waals surface area (Å²) in [4.78, 5) is 26.5. The number of anilines is 1. The Morgan fingerprint density at radius 2 is 1.80 bits per heavy atom. The highest BCUT2D eigenvalue weighted by atomic mass is 16.4. The van der Waals surface area contributed by atoms with Crippen molar-refractivity contribution in [3.05, 3.63) is 76.6 Å². The molecule has 0 aliphatic rings. The molecular weight excluding hydrogens is 316 g/mol. The summed E-state index contributed by atoms with van der Waals surface area (Å²) in [6.07, 6.45) is 0. The zero-order valence-corrected chi connectivity index (χ0v) is 14.2. The van der Waals surface area contributed by atoms with Gasteiger partial charge in [0, 0.05) is 30.7 Å². The number of likely N-dealkylation sites (N-methyl/N-ethyl adjacent to an activating group) is 1. The smallest absolute Gasteiger partial charge is 0.349 e. The highest BCUT2D eigenvalue weighted by molar-refractivity contribution is 5.96. The standard InChI is InChI=1S/C20H20N2O3/c1-14(22(2)16-9-4-3-5-10-16)13-21-19(23)17-12-15-8-6-7-11-18(15)25-20(17)24/h3-12,14H,13H2,1-2H3,(H,21,23)/t14-/m1/s1. The lowest BCUT2D eigenvalue weighted by Crippen LogP contribution is -2.41. The predicted octanol–water partition coefficient (Wildman–Crippen LogP) is 3.05. The van der Waals surface area contributed by atoms with Gasteiger partial charge in [0.05, 0.1) is 0 Å². The number of carbonyl (C=O) groups excluding carboxylic acids is 1. The Morgan fingerprint density at radius 1 is 1.12 bits per heavy atom. The van der Waals surface area contributed by atoms with E-state index < -0.39 is 11.5 Å². The molecule has 128 valence electrons. The van der Waals surface area contributed by atoms with Gasteiger partial charge in [0.1, 0.15) is 11.1 Å². The lowest BCUT2D eigenvalue weighted by molar-refractivity contribution is 0.0948. The third kappa shape index (κ3) is 3.71. The molecule has 5 heteroatoms. The summed E-state index contributed by atoms with van der Waals surface area (Å²) in [5, 5.41) is 3.54. The van der Waals surface area contributed by atoms with Gasteiger partial charge < -0.3 is 14.6 Å². The van der Waals surface area contributed by atoms with E-state index in [1.165, 1.54) is 0 Å². The van der Waals surface area contributed by atoms with E-state index in [0.717, 1.165) is 11.1 Å². The summed E-state index contributed by atoms with van der Waals surface area (Å²) in [6, 6.07) is 18.7. The second kappa shape index (κ2) is 7.21. The summed E-state index contributed by atoms with van der Waals surface area (Å²) in [5.41, 5.74) is 0.934. The van der Waals surface area contributed by atoms with E-state index in [2.05, 4.69) is 10.2 Å². The first kappa shape index (κ1) is 16.8. The molecule has 3 rings (SSSR count). The maximum Gasteiger partial charge on any atom is 0.349 e. The number of carbonyl (C=O) groups is 1. The topological polar surface area (TPSA) is 62.6 Å². The fraction of sp³-hybridized carbons (Fsp3) is 0.200. The Labute approximate surface area is 145 Å². The lowest BCUT2D eigenvalue weighted by atomic mass is 10.1. The molecule has 1 atom stereocenters. The zero-order chi connectivity index (χ0) is 17.8. The molecule has 0 saturated carbocycles. The van der Waals surface area contributed by atoms with Crippen LogP contribution >= 0.6 is 0 Å². The second-order valence-electron chi connectivity index (χ2n) is 5.99. The molecule has 3 aromatic rings. The quantitative estimate of drug-likeness (QED) is 0.728. The Morgan fingerprint density at radius 3 is 2.56 bits per heavy atom. The number of hydrogen-bond acceptors (Lipinski definition) is 4. The van der Waals surface area contributed by atoms with E-state index in [1.807, 2.05) is 50.4 Å². The number of nitrogens with zero attached hydrogens (tertiary/aromatic N) is 1. The van der Waals surface area contributed by atoms with Crippen molar-refractivity contribution in [3.63, 3.8) is 0 Å². The molecule has 0 bridgehead atoms. The van der Waals surface area contributed by atoms with Crippen molar-refractivity contribution >= 4 is 22.6 Å². The monoisotopic (exact) mass is 336 g/mol. The van der Waals surface area contributed by atoms with Gasteiger partial charge in [0.25, 0.3) is 5.91 Å². The maximum atomic E-state index is 12.4. The van der Waals surface area contributed by atoms with E-state index in [0.29, 0.717) is 12.1 Å². The fourth-order valence-corrected chi connectivity index (χ4v) is 2.61. The van der Waals surface area contributed by atoms with Crippen molar-refractivity contribution in [2.75, 3.05) is 18.5 Å². The number of benzene rings is 2. The minimum absolute atomic E-state index is 0.0215. The normalized spacial score (nSPS) is 11.9. The summed E-state index contributed by atoms with van der Waals surface area (Å²) >= 11 is 0. The number of nitrogens with one attached hydrogen (secondary N) is 1. The summed E-state index contributed by atoms with van der Waals surface area (Å²) < 4.78 is 5.21. The number of hydrogen-bond donors (Lipinski definition) is 1. The van der Waals surface area contributed by atoms with Crippen LogP contribution in [0.1, 0.15) is 17.3 Å². The average Bonchev–Trinajstić information content (AvgIpc) is 2.65. The molecule has 1 heterocycles. The molecule has 1 aromatic heterocycles. The molecule has 1 amide bonds.